The fourth-order valence-corrected chi connectivity index (χ4v) is 5.23. The van der Waals surface area contributed by atoms with Gasteiger partial charge in [-0.2, -0.15) is 0 Å². The number of esters is 1. The predicted octanol–water partition coefficient (Wildman–Crippen LogP) is 2.23. The van der Waals surface area contributed by atoms with Crippen molar-refractivity contribution in [2.24, 2.45) is 0 Å². The molecular weight excluding hydrogens is 330 g/mol. The Balaban J connectivity index is 1.42. The number of likely N-dealkylation sites (N-methyl/N-ethyl adjacent to an activating group) is 1. The molecule has 0 spiro atoms. The van der Waals surface area contributed by atoms with Gasteiger partial charge >= 0.3 is 5.97 Å². The van der Waals surface area contributed by atoms with Gasteiger partial charge in [-0.3, -0.25) is 4.79 Å². The van der Waals surface area contributed by atoms with Crippen LogP contribution in [-0.2, 0) is 14.3 Å². The summed E-state index contributed by atoms with van der Waals surface area (Å²) in [7, 11) is 2.36. The van der Waals surface area contributed by atoms with E-state index in [1.165, 1.54) is 19.4 Å². The van der Waals surface area contributed by atoms with Crippen LogP contribution in [0.15, 0.2) is 30.3 Å². The monoisotopic (exact) mass is 360 g/mol. The second-order valence-corrected chi connectivity index (χ2v) is 8.30. The number of fused-ring (bicyclic) bond motifs is 5. The Morgan fingerprint density at radius 1 is 1.27 bits per heavy atom. The van der Waals surface area contributed by atoms with E-state index in [0.29, 0.717) is 24.3 Å². The van der Waals surface area contributed by atoms with Gasteiger partial charge in [0.2, 0.25) is 0 Å². The van der Waals surface area contributed by atoms with Crippen LogP contribution in [0, 0.1) is 0 Å². The van der Waals surface area contributed by atoms with Crippen molar-refractivity contribution in [3.63, 3.8) is 0 Å². The first kappa shape index (κ1) is 18.0. The van der Waals surface area contributed by atoms with Crippen molar-refractivity contribution in [2.45, 2.75) is 68.9 Å². The van der Waals surface area contributed by atoms with E-state index >= 15 is 0 Å². The largest absolute Gasteiger partial charge is 0.461 e. The van der Waals surface area contributed by atoms with Crippen LogP contribution in [0.4, 0.5) is 0 Å². The van der Waals surface area contributed by atoms with Crippen molar-refractivity contribution >= 4 is 5.97 Å². The van der Waals surface area contributed by atoms with Gasteiger partial charge in [0.15, 0.2) is 0 Å². The number of unbranched alkanes of at least 4 members (excludes halogenated alkanes) is 1. The molecule has 0 aliphatic carbocycles. The highest BCUT2D eigenvalue weighted by Crippen LogP contribution is 2.52. The Bertz CT molecular complexity index is 631. The summed E-state index contributed by atoms with van der Waals surface area (Å²) in [4.78, 5) is 12.7. The quantitative estimate of drug-likeness (QED) is 0.460. The Morgan fingerprint density at radius 2 is 1.92 bits per heavy atom. The molecule has 142 valence electrons. The van der Waals surface area contributed by atoms with Crippen molar-refractivity contribution in [1.29, 1.82) is 0 Å². The summed E-state index contributed by atoms with van der Waals surface area (Å²) >= 11 is 0. The number of carbonyl (C=O) groups excluding carboxylic acids is 1. The van der Waals surface area contributed by atoms with Gasteiger partial charge in [0.25, 0.3) is 0 Å². The van der Waals surface area contributed by atoms with Gasteiger partial charge in [0.05, 0.1) is 20.2 Å². The molecule has 3 saturated heterocycles. The lowest BCUT2D eigenvalue weighted by Gasteiger charge is -2.48. The molecule has 4 unspecified atom stereocenters. The molecule has 26 heavy (non-hydrogen) atoms. The second kappa shape index (κ2) is 6.95. The average molecular weight is 360 g/mol. The third kappa shape index (κ3) is 2.96. The molecular formula is C21H30NO4+. The normalized spacial score (nSPS) is 38.5. The van der Waals surface area contributed by atoms with Crippen LogP contribution in [0.3, 0.4) is 0 Å². The lowest BCUT2D eigenvalue weighted by atomic mass is 9.94. The molecule has 3 heterocycles. The Labute approximate surface area is 155 Å². The van der Waals surface area contributed by atoms with Crippen molar-refractivity contribution < 1.29 is 23.9 Å². The Morgan fingerprint density at radius 3 is 2.50 bits per heavy atom. The first-order valence-corrected chi connectivity index (χ1v) is 9.95. The van der Waals surface area contributed by atoms with Crippen LogP contribution in [0.2, 0.25) is 0 Å². The van der Waals surface area contributed by atoms with Crippen molar-refractivity contribution in [1.82, 2.24) is 0 Å². The second-order valence-electron chi connectivity index (χ2n) is 8.30. The van der Waals surface area contributed by atoms with E-state index in [2.05, 4.69) is 14.0 Å². The summed E-state index contributed by atoms with van der Waals surface area (Å²) in [5, 5.41) is 9.70. The molecule has 0 saturated carbocycles. The van der Waals surface area contributed by atoms with E-state index in [9.17, 15) is 9.90 Å². The average Bonchev–Trinajstić information content (AvgIpc) is 3.40. The van der Waals surface area contributed by atoms with E-state index in [-0.39, 0.29) is 18.7 Å². The summed E-state index contributed by atoms with van der Waals surface area (Å²) in [5.41, 5.74) is 0.813. The van der Waals surface area contributed by atoms with Crippen LogP contribution >= 0.6 is 0 Å². The van der Waals surface area contributed by atoms with Crippen molar-refractivity contribution in [3.8, 4) is 0 Å². The highest BCUT2D eigenvalue weighted by Gasteiger charge is 2.71. The van der Waals surface area contributed by atoms with E-state index < -0.39 is 5.92 Å². The molecule has 2 bridgehead atoms. The number of benzene rings is 1. The summed E-state index contributed by atoms with van der Waals surface area (Å²) in [6.07, 6.45) is 4.83. The third-order valence-electron chi connectivity index (χ3n) is 6.79. The number of rotatable bonds is 7. The molecule has 5 nitrogen and oxygen atoms in total. The highest BCUT2D eigenvalue weighted by molar-refractivity contribution is 5.78. The molecule has 1 aromatic rings. The van der Waals surface area contributed by atoms with E-state index in [1.807, 2.05) is 30.3 Å². The predicted molar refractivity (Wildman–Crippen MR) is 97.6 cm³/mol. The summed E-state index contributed by atoms with van der Waals surface area (Å²) < 4.78 is 12.9. The van der Waals surface area contributed by atoms with Crippen LogP contribution in [0.25, 0.3) is 0 Å². The van der Waals surface area contributed by atoms with Gasteiger partial charge in [-0.05, 0) is 12.0 Å². The summed E-state index contributed by atoms with van der Waals surface area (Å²) in [5.74, 6) is -0.898. The summed E-state index contributed by atoms with van der Waals surface area (Å²) in [6.45, 7) is 3.20. The van der Waals surface area contributed by atoms with Gasteiger partial charge in [-0.15, -0.1) is 0 Å². The standard InChI is InChI=1S/C21H30NO4/c1-3-4-10-22(2)17-11-15(12-18(22)20-19(17)26-20)25-21(24)16(13-23)14-8-6-5-7-9-14/h5-9,15-20,23H,3-4,10-13H2,1-2H3/q+1/t15?,16-,17?,18?,19?,20?,22?/m1/s1. The minimum atomic E-state index is -0.595. The van der Waals surface area contributed by atoms with Crippen molar-refractivity contribution in [3.05, 3.63) is 35.9 Å². The van der Waals surface area contributed by atoms with Crippen LogP contribution < -0.4 is 0 Å². The van der Waals surface area contributed by atoms with Gasteiger partial charge in [-0.25, -0.2) is 0 Å². The van der Waals surface area contributed by atoms with Crippen molar-refractivity contribution in [2.75, 3.05) is 20.2 Å². The number of epoxide rings is 1. The number of aliphatic hydroxyl groups is 1. The van der Waals surface area contributed by atoms with Crippen LogP contribution in [0.1, 0.15) is 44.1 Å². The molecule has 5 atom stereocenters. The number of piperidine rings is 1. The first-order chi connectivity index (χ1) is 12.6. The lowest BCUT2D eigenvalue weighted by Crippen LogP contribution is -2.62. The van der Waals surface area contributed by atoms with Gasteiger partial charge in [0, 0.05) is 12.8 Å². The SMILES string of the molecule is CCCC[N+]1(C)C2CC(OC(=O)[C@H](CO)c3ccccc3)CC1C1OC12. The third-order valence-corrected chi connectivity index (χ3v) is 6.79. The number of carbonyl (C=O) groups is 1. The first-order valence-electron chi connectivity index (χ1n) is 9.95. The number of aliphatic hydroxyl groups excluding tert-OH is 1. The maximum atomic E-state index is 12.7. The molecule has 1 N–H and O–H groups in total. The zero-order valence-corrected chi connectivity index (χ0v) is 15.7. The van der Waals surface area contributed by atoms with E-state index in [1.54, 1.807) is 0 Å². The van der Waals surface area contributed by atoms with Gasteiger partial charge in [-0.1, -0.05) is 43.7 Å². The molecule has 3 fully saturated rings. The molecule has 4 rings (SSSR count). The lowest BCUT2D eigenvalue weighted by molar-refractivity contribution is -0.956. The minimum Gasteiger partial charge on any atom is -0.461 e. The maximum absolute atomic E-state index is 12.7. The fraction of sp³-hybridized carbons (Fsp3) is 0.667. The molecule has 5 heteroatoms. The van der Waals surface area contributed by atoms with Gasteiger partial charge in [0.1, 0.15) is 36.3 Å². The van der Waals surface area contributed by atoms with E-state index in [0.717, 1.165) is 22.9 Å². The molecule has 0 amide bonds. The Hall–Kier alpha value is -1.43. The number of ether oxygens (including phenoxy) is 2. The molecule has 0 aromatic heterocycles. The fourth-order valence-electron chi connectivity index (χ4n) is 5.23. The number of quaternary nitrogens is 1. The summed E-state index contributed by atoms with van der Waals surface area (Å²) in [6, 6.07) is 10.3. The van der Waals surface area contributed by atoms with Crippen LogP contribution in [0.5, 0.6) is 0 Å². The molecule has 3 aliphatic heterocycles. The zero-order chi connectivity index (χ0) is 18.3. The number of hydrogen-bond donors (Lipinski definition) is 1. The topological polar surface area (TPSA) is 59.1 Å². The number of hydrogen-bond acceptors (Lipinski definition) is 4. The number of morpholine rings is 1. The van der Waals surface area contributed by atoms with E-state index in [4.69, 9.17) is 9.47 Å². The maximum Gasteiger partial charge on any atom is 0.316 e. The molecule has 0 radical (unpaired) electrons. The highest BCUT2D eigenvalue weighted by atomic mass is 16.6. The van der Waals surface area contributed by atoms with Gasteiger partial charge < -0.3 is 19.1 Å². The smallest absolute Gasteiger partial charge is 0.316 e. The zero-order valence-electron chi connectivity index (χ0n) is 15.7. The number of nitrogens with zero attached hydrogens (tertiary/aromatic N) is 1. The van der Waals surface area contributed by atoms with Crippen LogP contribution in [-0.4, -0.2) is 66.2 Å². The Kier molecular flexibility index (Phi) is 4.80. The molecule has 3 aliphatic rings. The molecule has 1 aromatic carbocycles. The minimum absolute atomic E-state index is 0.0560.